The molecular formula is C12H18F3NO3. The number of carbonyl (C=O) groups excluding carboxylic acids is 1. The second-order valence-electron chi connectivity index (χ2n) is 5.02. The summed E-state index contributed by atoms with van der Waals surface area (Å²) in [6.07, 6.45) is -2.76. The molecule has 2 N–H and O–H groups in total. The Morgan fingerprint density at radius 2 is 1.84 bits per heavy atom. The molecule has 1 rings (SSSR count). The van der Waals surface area contributed by atoms with E-state index in [1.807, 2.05) is 5.32 Å². The Morgan fingerprint density at radius 3 is 2.21 bits per heavy atom. The summed E-state index contributed by atoms with van der Waals surface area (Å²) >= 11 is 0. The molecule has 4 nitrogen and oxygen atoms in total. The molecule has 0 spiro atoms. The van der Waals surface area contributed by atoms with Crippen LogP contribution in [0.1, 0.15) is 45.4 Å². The molecule has 19 heavy (non-hydrogen) atoms. The van der Waals surface area contributed by atoms with Crippen LogP contribution in [0.5, 0.6) is 0 Å². The third-order valence-corrected chi connectivity index (χ3v) is 3.76. The van der Waals surface area contributed by atoms with Crippen molar-refractivity contribution in [3.05, 3.63) is 0 Å². The molecule has 1 unspecified atom stereocenters. The summed E-state index contributed by atoms with van der Waals surface area (Å²) < 4.78 is 36.8. The smallest absolute Gasteiger partial charge is 0.391 e. The number of carboxylic acids is 1. The minimum absolute atomic E-state index is 0.511. The number of alkyl halides is 3. The summed E-state index contributed by atoms with van der Waals surface area (Å²) in [6.45, 7) is 1.80. The number of carbonyl (C=O) groups is 2. The number of carboxylic acid groups (broad SMARTS) is 1. The third-order valence-electron chi connectivity index (χ3n) is 3.76. The van der Waals surface area contributed by atoms with E-state index in [2.05, 4.69) is 0 Å². The van der Waals surface area contributed by atoms with E-state index >= 15 is 0 Å². The van der Waals surface area contributed by atoms with Crippen LogP contribution in [-0.4, -0.2) is 29.2 Å². The predicted molar refractivity (Wildman–Crippen MR) is 61.4 cm³/mol. The molecule has 1 saturated carbocycles. The van der Waals surface area contributed by atoms with E-state index in [9.17, 15) is 22.8 Å². The second kappa shape index (κ2) is 5.79. The quantitative estimate of drug-likeness (QED) is 0.813. The van der Waals surface area contributed by atoms with Gasteiger partial charge in [-0.15, -0.1) is 0 Å². The number of hydrogen-bond donors (Lipinski definition) is 2. The lowest BCUT2D eigenvalue weighted by atomic mass is 9.82. The Bertz CT molecular complexity index is 349. The first-order chi connectivity index (χ1) is 8.70. The highest BCUT2D eigenvalue weighted by atomic mass is 19.4. The van der Waals surface area contributed by atoms with Crippen molar-refractivity contribution in [2.24, 2.45) is 5.41 Å². The van der Waals surface area contributed by atoms with Gasteiger partial charge in [0.25, 0.3) is 0 Å². The lowest BCUT2D eigenvalue weighted by Crippen LogP contribution is -2.49. The van der Waals surface area contributed by atoms with Gasteiger partial charge in [0.2, 0.25) is 5.91 Å². The van der Waals surface area contributed by atoms with Crippen molar-refractivity contribution < 1.29 is 27.9 Å². The number of hydrogen-bond acceptors (Lipinski definition) is 2. The summed E-state index contributed by atoms with van der Waals surface area (Å²) in [5.74, 6) is -2.22. The maximum absolute atomic E-state index is 12.3. The molecule has 0 aromatic carbocycles. The molecule has 0 aliphatic heterocycles. The van der Waals surface area contributed by atoms with Crippen LogP contribution in [0.15, 0.2) is 0 Å². The van der Waals surface area contributed by atoms with Crippen LogP contribution in [0.4, 0.5) is 13.2 Å². The van der Waals surface area contributed by atoms with Gasteiger partial charge in [0.1, 0.15) is 6.04 Å². The standard InChI is InChI=1S/C12H18F3NO3/c1-2-11(5-3-4-6-11)10(19)16-8(9(17)18)7-12(13,14)15/h8H,2-7H2,1H3,(H,16,19)(H,17,18). The molecule has 1 fully saturated rings. The molecule has 1 aliphatic carbocycles. The maximum Gasteiger partial charge on any atom is 0.391 e. The summed E-state index contributed by atoms with van der Waals surface area (Å²) in [5, 5.41) is 10.8. The molecule has 0 radical (unpaired) electrons. The fourth-order valence-electron chi connectivity index (χ4n) is 2.54. The van der Waals surface area contributed by atoms with Crippen LogP contribution in [-0.2, 0) is 9.59 Å². The Morgan fingerprint density at radius 1 is 1.32 bits per heavy atom. The van der Waals surface area contributed by atoms with Gasteiger partial charge in [0.05, 0.1) is 6.42 Å². The minimum atomic E-state index is -4.62. The van der Waals surface area contributed by atoms with E-state index in [0.29, 0.717) is 19.3 Å². The molecule has 1 atom stereocenters. The largest absolute Gasteiger partial charge is 0.480 e. The second-order valence-corrected chi connectivity index (χ2v) is 5.02. The Labute approximate surface area is 109 Å². The highest BCUT2D eigenvalue weighted by Gasteiger charge is 2.43. The monoisotopic (exact) mass is 281 g/mol. The van der Waals surface area contributed by atoms with E-state index in [4.69, 9.17) is 5.11 Å². The Kier molecular flexibility index (Phi) is 4.81. The number of halogens is 3. The zero-order valence-corrected chi connectivity index (χ0v) is 10.7. The molecule has 0 aromatic heterocycles. The van der Waals surface area contributed by atoms with Crippen LogP contribution in [0, 0.1) is 5.41 Å². The lowest BCUT2D eigenvalue weighted by molar-refractivity contribution is -0.161. The molecule has 0 bridgehead atoms. The summed E-state index contributed by atoms with van der Waals surface area (Å²) in [6, 6.07) is -1.91. The van der Waals surface area contributed by atoms with Crippen molar-refractivity contribution >= 4 is 11.9 Å². The van der Waals surface area contributed by atoms with Gasteiger partial charge in [-0.1, -0.05) is 19.8 Å². The summed E-state index contributed by atoms with van der Waals surface area (Å²) in [5.41, 5.74) is -0.695. The van der Waals surface area contributed by atoms with Gasteiger partial charge in [-0.2, -0.15) is 13.2 Å². The first kappa shape index (κ1) is 15.8. The van der Waals surface area contributed by atoms with Gasteiger partial charge < -0.3 is 10.4 Å². The number of rotatable bonds is 5. The van der Waals surface area contributed by atoms with Crippen LogP contribution >= 0.6 is 0 Å². The molecule has 110 valence electrons. The van der Waals surface area contributed by atoms with E-state index in [-0.39, 0.29) is 0 Å². The molecule has 1 amide bonds. The van der Waals surface area contributed by atoms with E-state index in [1.54, 1.807) is 6.92 Å². The fraction of sp³-hybridized carbons (Fsp3) is 0.833. The number of aliphatic carboxylic acids is 1. The van der Waals surface area contributed by atoms with Gasteiger partial charge in [-0.05, 0) is 19.3 Å². The SMILES string of the molecule is CCC1(C(=O)NC(CC(F)(F)F)C(=O)O)CCCC1. The molecule has 1 aliphatic rings. The zero-order valence-electron chi connectivity index (χ0n) is 10.7. The first-order valence-electron chi connectivity index (χ1n) is 6.31. The van der Waals surface area contributed by atoms with Crippen LogP contribution < -0.4 is 5.32 Å². The van der Waals surface area contributed by atoms with E-state index in [1.165, 1.54) is 0 Å². The topological polar surface area (TPSA) is 66.4 Å². The minimum Gasteiger partial charge on any atom is -0.480 e. The van der Waals surface area contributed by atoms with Crippen molar-refractivity contribution in [3.8, 4) is 0 Å². The van der Waals surface area contributed by atoms with Gasteiger partial charge in [0, 0.05) is 5.41 Å². The van der Waals surface area contributed by atoms with Gasteiger partial charge in [0.15, 0.2) is 0 Å². The highest BCUT2D eigenvalue weighted by Crippen LogP contribution is 2.41. The van der Waals surface area contributed by atoms with Crippen LogP contribution in [0.2, 0.25) is 0 Å². The molecule has 0 aromatic rings. The average molecular weight is 281 g/mol. The predicted octanol–water partition coefficient (Wildman–Crippen LogP) is 2.48. The molecule has 7 heteroatoms. The average Bonchev–Trinajstić information content (AvgIpc) is 2.75. The van der Waals surface area contributed by atoms with E-state index in [0.717, 1.165) is 12.8 Å². The maximum atomic E-state index is 12.3. The number of nitrogens with one attached hydrogen (secondary N) is 1. The third kappa shape index (κ3) is 4.11. The first-order valence-corrected chi connectivity index (χ1v) is 6.31. The van der Waals surface area contributed by atoms with E-state index < -0.39 is 35.9 Å². The van der Waals surface area contributed by atoms with Crippen molar-refractivity contribution in [1.82, 2.24) is 5.32 Å². The van der Waals surface area contributed by atoms with Crippen LogP contribution in [0.3, 0.4) is 0 Å². The van der Waals surface area contributed by atoms with Crippen molar-refractivity contribution in [2.75, 3.05) is 0 Å². The Balaban J connectivity index is 2.73. The van der Waals surface area contributed by atoms with Crippen molar-refractivity contribution in [3.63, 3.8) is 0 Å². The Hall–Kier alpha value is -1.27. The van der Waals surface area contributed by atoms with Crippen molar-refractivity contribution in [1.29, 1.82) is 0 Å². The van der Waals surface area contributed by atoms with Gasteiger partial charge in [-0.3, -0.25) is 4.79 Å². The van der Waals surface area contributed by atoms with Gasteiger partial charge >= 0.3 is 12.1 Å². The summed E-state index contributed by atoms with van der Waals surface area (Å²) in [4.78, 5) is 22.9. The fourth-order valence-corrected chi connectivity index (χ4v) is 2.54. The molecule has 0 heterocycles. The zero-order chi connectivity index (χ0) is 14.7. The highest BCUT2D eigenvalue weighted by molar-refractivity contribution is 5.87. The van der Waals surface area contributed by atoms with Crippen molar-refractivity contribution in [2.45, 2.75) is 57.7 Å². The van der Waals surface area contributed by atoms with Gasteiger partial charge in [-0.25, -0.2) is 4.79 Å². The number of amides is 1. The molecular weight excluding hydrogens is 263 g/mol. The van der Waals surface area contributed by atoms with Crippen LogP contribution in [0.25, 0.3) is 0 Å². The lowest BCUT2D eigenvalue weighted by Gasteiger charge is -2.28. The normalized spacial score (nSPS) is 20.0. The molecule has 0 saturated heterocycles. The summed E-state index contributed by atoms with van der Waals surface area (Å²) in [7, 11) is 0.